The molecule has 3 aromatic heterocycles. The molecule has 6 heteroatoms. The number of hydrogen-bond donors (Lipinski definition) is 0. The second-order valence-corrected chi connectivity index (χ2v) is 6.06. The van der Waals surface area contributed by atoms with Gasteiger partial charge in [-0.2, -0.15) is 0 Å². The van der Waals surface area contributed by atoms with Crippen LogP contribution in [0.4, 0.5) is 0 Å². The van der Waals surface area contributed by atoms with Crippen LogP contribution in [0.15, 0.2) is 38.6 Å². The van der Waals surface area contributed by atoms with Crippen LogP contribution in [0.5, 0.6) is 0 Å². The smallest absolute Gasteiger partial charge is 0.259 e. The number of nitrogens with zero attached hydrogens (tertiary/aromatic N) is 2. The van der Waals surface area contributed by atoms with Crippen LogP contribution < -0.4 is 0 Å². The fourth-order valence-electron chi connectivity index (χ4n) is 2.27. The third kappa shape index (κ3) is 2.69. The molecule has 0 radical (unpaired) electrons. The molecule has 0 saturated carbocycles. The summed E-state index contributed by atoms with van der Waals surface area (Å²) in [7, 11) is 1.74. The molecule has 0 aromatic carbocycles. The lowest BCUT2D eigenvalue weighted by atomic mass is 10.1. The van der Waals surface area contributed by atoms with E-state index in [2.05, 4.69) is 5.16 Å². The standard InChI is InChI=1S/C16H16N2O3S/c1-10-6-7-12(20-10)9-18(3)16(19)14-11(2)21-17-15(14)13-5-4-8-22-13/h4-8H,9H2,1-3H3. The molecule has 114 valence electrons. The zero-order chi connectivity index (χ0) is 15.7. The topological polar surface area (TPSA) is 59.5 Å². The first-order valence-corrected chi connectivity index (χ1v) is 7.75. The zero-order valence-corrected chi connectivity index (χ0v) is 13.4. The van der Waals surface area contributed by atoms with Crippen molar-refractivity contribution in [1.29, 1.82) is 0 Å². The summed E-state index contributed by atoms with van der Waals surface area (Å²) in [5, 5.41) is 5.98. The Morgan fingerprint density at radius 1 is 1.32 bits per heavy atom. The summed E-state index contributed by atoms with van der Waals surface area (Å²) < 4.78 is 10.8. The fraction of sp³-hybridized carbons (Fsp3) is 0.250. The van der Waals surface area contributed by atoms with Gasteiger partial charge < -0.3 is 13.8 Å². The molecule has 0 atom stereocenters. The Morgan fingerprint density at radius 2 is 2.14 bits per heavy atom. The molecule has 3 heterocycles. The molecule has 1 amide bonds. The van der Waals surface area contributed by atoms with Crippen LogP contribution >= 0.6 is 11.3 Å². The average molecular weight is 316 g/mol. The molecule has 0 unspecified atom stereocenters. The summed E-state index contributed by atoms with van der Waals surface area (Å²) in [6.45, 7) is 4.04. The lowest BCUT2D eigenvalue weighted by molar-refractivity contribution is 0.0774. The summed E-state index contributed by atoms with van der Waals surface area (Å²) in [6, 6.07) is 7.61. The van der Waals surface area contributed by atoms with E-state index in [1.54, 1.807) is 18.9 Å². The highest BCUT2D eigenvalue weighted by Gasteiger charge is 2.25. The Morgan fingerprint density at radius 3 is 2.77 bits per heavy atom. The number of aryl methyl sites for hydroxylation is 2. The summed E-state index contributed by atoms with van der Waals surface area (Å²) in [6.07, 6.45) is 0. The van der Waals surface area contributed by atoms with Crippen LogP contribution in [0.2, 0.25) is 0 Å². The van der Waals surface area contributed by atoms with Crippen LogP contribution in [0.3, 0.4) is 0 Å². The van der Waals surface area contributed by atoms with Crippen molar-refractivity contribution in [1.82, 2.24) is 10.1 Å². The summed E-state index contributed by atoms with van der Waals surface area (Å²) in [5.74, 6) is 1.98. The van der Waals surface area contributed by atoms with E-state index in [0.717, 1.165) is 16.4 Å². The van der Waals surface area contributed by atoms with Crippen LogP contribution in [-0.4, -0.2) is 23.0 Å². The van der Waals surface area contributed by atoms with Crippen molar-refractivity contribution in [3.63, 3.8) is 0 Å². The Hall–Kier alpha value is -2.34. The molecule has 0 N–H and O–H groups in total. The molecule has 0 bridgehead atoms. The van der Waals surface area contributed by atoms with Crippen molar-refractivity contribution < 1.29 is 13.7 Å². The molecule has 0 aliphatic carbocycles. The molecule has 0 aliphatic rings. The van der Waals surface area contributed by atoms with Crippen molar-refractivity contribution in [2.45, 2.75) is 20.4 Å². The van der Waals surface area contributed by atoms with Crippen molar-refractivity contribution in [2.24, 2.45) is 0 Å². The number of hydrogen-bond acceptors (Lipinski definition) is 5. The lowest BCUT2D eigenvalue weighted by Gasteiger charge is -2.15. The van der Waals surface area contributed by atoms with Gasteiger partial charge in [-0.25, -0.2) is 0 Å². The highest BCUT2D eigenvalue weighted by Crippen LogP contribution is 2.30. The van der Waals surface area contributed by atoms with Gasteiger partial charge in [-0.1, -0.05) is 11.2 Å². The Kier molecular flexibility index (Phi) is 3.85. The lowest BCUT2D eigenvalue weighted by Crippen LogP contribution is -2.26. The minimum absolute atomic E-state index is 0.129. The summed E-state index contributed by atoms with van der Waals surface area (Å²) in [5.41, 5.74) is 1.10. The Balaban J connectivity index is 1.87. The van der Waals surface area contributed by atoms with Crippen LogP contribution in [-0.2, 0) is 6.54 Å². The maximum absolute atomic E-state index is 12.7. The van der Waals surface area contributed by atoms with Crippen molar-refractivity contribution in [2.75, 3.05) is 7.05 Å². The maximum Gasteiger partial charge on any atom is 0.259 e. The number of carbonyl (C=O) groups is 1. The van der Waals surface area contributed by atoms with Gasteiger partial charge in [0.25, 0.3) is 5.91 Å². The molecular formula is C16H16N2O3S. The van der Waals surface area contributed by atoms with Crippen LogP contribution in [0.1, 0.15) is 27.6 Å². The highest BCUT2D eigenvalue weighted by atomic mass is 32.1. The molecule has 0 fully saturated rings. The van der Waals surface area contributed by atoms with E-state index in [1.165, 1.54) is 11.3 Å². The fourth-order valence-corrected chi connectivity index (χ4v) is 2.98. The third-order valence-corrected chi connectivity index (χ3v) is 4.24. The average Bonchev–Trinajstić information content (AvgIpc) is 3.19. The number of furan rings is 1. The second-order valence-electron chi connectivity index (χ2n) is 5.11. The van der Waals surface area contributed by atoms with Gasteiger partial charge in [0.05, 0.1) is 11.4 Å². The van der Waals surface area contributed by atoms with E-state index in [1.807, 2.05) is 36.6 Å². The number of amides is 1. The van der Waals surface area contributed by atoms with E-state index in [-0.39, 0.29) is 5.91 Å². The molecule has 3 rings (SSSR count). The van der Waals surface area contributed by atoms with Gasteiger partial charge in [0.2, 0.25) is 0 Å². The number of aromatic nitrogens is 1. The van der Waals surface area contributed by atoms with Gasteiger partial charge in [-0.3, -0.25) is 4.79 Å². The minimum Gasteiger partial charge on any atom is -0.464 e. The van der Waals surface area contributed by atoms with E-state index in [0.29, 0.717) is 23.6 Å². The van der Waals surface area contributed by atoms with Gasteiger partial charge in [-0.05, 0) is 37.4 Å². The molecule has 5 nitrogen and oxygen atoms in total. The van der Waals surface area contributed by atoms with E-state index in [4.69, 9.17) is 8.94 Å². The minimum atomic E-state index is -0.129. The molecular weight excluding hydrogens is 300 g/mol. The van der Waals surface area contributed by atoms with Gasteiger partial charge in [0.15, 0.2) is 0 Å². The van der Waals surface area contributed by atoms with E-state index in [9.17, 15) is 4.79 Å². The Labute approximate surface area is 132 Å². The monoisotopic (exact) mass is 316 g/mol. The number of rotatable bonds is 4. The largest absolute Gasteiger partial charge is 0.464 e. The quantitative estimate of drug-likeness (QED) is 0.733. The van der Waals surface area contributed by atoms with Gasteiger partial charge in [0, 0.05) is 7.05 Å². The summed E-state index contributed by atoms with van der Waals surface area (Å²) >= 11 is 1.53. The zero-order valence-electron chi connectivity index (χ0n) is 12.6. The van der Waals surface area contributed by atoms with E-state index < -0.39 is 0 Å². The van der Waals surface area contributed by atoms with E-state index >= 15 is 0 Å². The molecule has 0 saturated heterocycles. The maximum atomic E-state index is 12.7. The summed E-state index contributed by atoms with van der Waals surface area (Å²) in [4.78, 5) is 15.3. The highest BCUT2D eigenvalue weighted by molar-refractivity contribution is 7.13. The van der Waals surface area contributed by atoms with Crippen LogP contribution in [0, 0.1) is 13.8 Å². The first-order chi connectivity index (χ1) is 10.6. The first-order valence-electron chi connectivity index (χ1n) is 6.87. The van der Waals surface area contributed by atoms with Gasteiger partial charge >= 0.3 is 0 Å². The second kappa shape index (κ2) is 5.81. The molecule has 3 aromatic rings. The first kappa shape index (κ1) is 14.6. The predicted octanol–water partition coefficient (Wildman–Crippen LogP) is 3.89. The molecule has 0 spiro atoms. The molecule has 22 heavy (non-hydrogen) atoms. The van der Waals surface area contributed by atoms with Gasteiger partial charge in [-0.15, -0.1) is 11.3 Å². The van der Waals surface area contributed by atoms with Crippen molar-refractivity contribution in [3.05, 3.63) is 52.5 Å². The van der Waals surface area contributed by atoms with Crippen LogP contribution in [0.25, 0.3) is 10.6 Å². The number of carbonyl (C=O) groups excluding carboxylic acids is 1. The Bertz CT molecular complexity index is 786. The predicted molar refractivity (Wildman–Crippen MR) is 83.8 cm³/mol. The third-order valence-electron chi connectivity index (χ3n) is 3.37. The van der Waals surface area contributed by atoms with Crippen molar-refractivity contribution >= 4 is 17.2 Å². The van der Waals surface area contributed by atoms with Gasteiger partial charge in [0.1, 0.15) is 28.5 Å². The SMILES string of the molecule is Cc1ccc(CN(C)C(=O)c2c(-c3cccs3)noc2C)o1. The number of thiophene rings is 1. The van der Waals surface area contributed by atoms with Crippen molar-refractivity contribution in [3.8, 4) is 10.6 Å². The molecule has 0 aliphatic heterocycles. The normalized spacial score (nSPS) is 10.9.